The first kappa shape index (κ1) is 24.4. The van der Waals surface area contributed by atoms with Crippen LogP contribution in [0.4, 0.5) is 4.79 Å². The van der Waals surface area contributed by atoms with E-state index in [-0.39, 0.29) is 12.1 Å². The Kier molecular flexibility index (Phi) is 7.94. The van der Waals surface area contributed by atoms with Crippen LogP contribution >= 0.6 is 0 Å². The Morgan fingerprint density at radius 2 is 1.82 bits per heavy atom. The Bertz CT molecular complexity index is 928. The molecule has 2 saturated heterocycles. The number of hydrogen-bond acceptors (Lipinski definition) is 5. The highest BCUT2D eigenvalue weighted by Crippen LogP contribution is 2.26. The summed E-state index contributed by atoms with van der Waals surface area (Å²) in [5.74, 6) is 0.604. The highest BCUT2D eigenvalue weighted by molar-refractivity contribution is 7.89. The first-order valence-electron chi connectivity index (χ1n) is 12.3. The summed E-state index contributed by atoms with van der Waals surface area (Å²) >= 11 is 0. The number of benzene rings is 1. The minimum absolute atomic E-state index is 0.00729. The van der Waals surface area contributed by atoms with Crippen LogP contribution in [0.15, 0.2) is 23.1 Å². The lowest BCUT2D eigenvalue weighted by atomic mass is 9.92. The fraction of sp³-hybridized carbons (Fsp3) is 0.708. The van der Waals surface area contributed by atoms with Crippen LogP contribution < -0.4 is 5.32 Å². The number of aryl methyl sites for hydroxylation is 2. The van der Waals surface area contributed by atoms with Crippen molar-refractivity contribution < 1.29 is 17.9 Å². The van der Waals surface area contributed by atoms with Gasteiger partial charge < -0.3 is 15.0 Å². The Morgan fingerprint density at radius 1 is 1.09 bits per heavy atom. The van der Waals surface area contributed by atoms with Crippen LogP contribution in [0, 0.1) is 5.92 Å². The Balaban J connectivity index is 1.26. The highest BCUT2D eigenvalue weighted by Gasteiger charge is 2.31. The second-order valence-electron chi connectivity index (χ2n) is 9.86. The molecule has 0 aromatic heterocycles. The van der Waals surface area contributed by atoms with Crippen molar-refractivity contribution in [3.05, 3.63) is 29.3 Å². The molecule has 2 aliphatic heterocycles. The second-order valence-corrected chi connectivity index (χ2v) is 11.8. The van der Waals surface area contributed by atoms with Gasteiger partial charge in [-0.1, -0.05) is 19.9 Å². The number of ether oxygens (including phenoxy) is 1. The molecule has 3 aliphatic rings. The van der Waals surface area contributed by atoms with E-state index in [1.807, 2.05) is 12.1 Å². The number of fused-ring (bicyclic) bond motifs is 1. The molecule has 8 nitrogen and oxygen atoms in total. The Labute approximate surface area is 198 Å². The number of nitrogens with one attached hydrogen (secondary N) is 1. The van der Waals surface area contributed by atoms with Crippen LogP contribution in [0.1, 0.15) is 37.8 Å². The molecule has 0 spiro atoms. The van der Waals surface area contributed by atoms with Crippen molar-refractivity contribution in [2.75, 3.05) is 59.0 Å². The van der Waals surface area contributed by atoms with Gasteiger partial charge in [-0.3, -0.25) is 4.90 Å². The minimum Gasteiger partial charge on any atom is -0.374 e. The van der Waals surface area contributed by atoms with Crippen molar-refractivity contribution in [3.8, 4) is 0 Å². The number of amides is 2. The van der Waals surface area contributed by atoms with E-state index in [1.54, 1.807) is 11.0 Å². The maximum atomic E-state index is 13.2. The molecule has 33 heavy (non-hydrogen) atoms. The van der Waals surface area contributed by atoms with Gasteiger partial charge in [0.05, 0.1) is 17.6 Å². The summed E-state index contributed by atoms with van der Waals surface area (Å²) < 4.78 is 33.7. The van der Waals surface area contributed by atoms with Gasteiger partial charge in [0, 0.05) is 52.4 Å². The van der Waals surface area contributed by atoms with E-state index >= 15 is 0 Å². The third kappa shape index (κ3) is 6.07. The van der Waals surface area contributed by atoms with Crippen LogP contribution in [0.25, 0.3) is 0 Å². The lowest BCUT2D eigenvalue weighted by Crippen LogP contribution is -2.55. The van der Waals surface area contributed by atoms with Crippen molar-refractivity contribution in [2.45, 2.75) is 50.5 Å². The molecule has 1 N–H and O–H groups in total. The predicted molar refractivity (Wildman–Crippen MR) is 128 cm³/mol. The van der Waals surface area contributed by atoms with Gasteiger partial charge in [-0.25, -0.2) is 13.2 Å². The molecule has 4 rings (SSSR count). The molecule has 1 unspecified atom stereocenters. The molecule has 0 saturated carbocycles. The van der Waals surface area contributed by atoms with Crippen LogP contribution in [0.2, 0.25) is 0 Å². The van der Waals surface area contributed by atoms with Crippen LogP contribution in [0.5, 0.6) is 0 Å². The largest absolute Gasteiger partial charge is 0.374 e. The van der Waals surface area contributed by atoms with E-state index in [2.05, 4.69) is 24.1 Å². The third-order valence-electron chi connectivity index (χ3n) is 6.81. The fourth-order valence-corrected chi connectivity index (χ4v) is 6.52. The number of nitrogens with zero attached hydrogens (tertiary/aromatic N) is 3. The zero-order valence-corrected chi connectivity index (χ0v) is 20.8. The summed E-state index contributed by atoms with van der Waals surface area (Å²) in [6.45, 7) is 9.78. The monoisotopic (exact) mass is 478 g/mol. The van der Waals surface area contributed by atoms with E-state index in [4.69, 9.17) is 4.74 Å². The van der Waals surface area contributed by atoms with Crippen LogP contribution in [0.3, 0.4) is 0 Å². The van der Waals surface area contributed by atoms with Gasteiger partial charge in [-0.2, -0.15) is 4.31 Å². The van der Waals surface area contributed by atoms with Crippen molar-refractivity contribution in [1.82, 2.24) is 19.4 Å². The quantitative estimate of drug-likeness (QED) is 0.676. The van der Waals surface area contributed by atoms with E-state index in [9.17, 15) is 13.2 Å². The van der Waals surface area contributed by atoms with Gasteiger partial charge in [0.2, 0.25) is 10.0 Å². The molecule has 2 heterocycles. The topological polar surface area (TPSA) is 82.2 Å². The molecule has 1 aliphatic carbocycles. The van der Waals surface area contributed by atoms with Crippen molar-refractivity contribution in [3.63, 3.8) is 0 Å². The molecule has 1 aromatic rings. The molecule has 0 bridgehead atoms. The van der Waals surface area contributed by atoms with Crippen molar-refractivity contribution in [2.24, 2.45) is 5.92 Å². The summed E-state index contributed by atoms with van der Waals surface area (Å²) in [5.41, 5.74) is 2.44. The SMILES string of the molecule is CC(C)CN1CCOC(CNC(=O)N2CCN(S(=O)(=O)c3ccc4c(c3)CCCC4)CC2)C1. The van der Waals surface area contributed by atoms with Crippen LogP contribution in [-0.2, 0) is 27.6 Å². The molecule has 9 heteroatoms. The van der Waals surface area contributed by atoms with Gasteiger partial charge in [0.15, 0.2) is 0 Å². The minimum atomic E-state index is -3.54. The Morgan fingerprint density at radius 3 is 2.55 bits per heavy atom. The number of carbonyl (C=O) groups is 1. The molecule has 184 valence electrons. The lowest BCUT2D eigenvalue weighted by molar-refractivity contribution is -0.0294. The smallest absolute Gasteiger partial charge is 0.317 e. The summed E-state index contributed by atoms with van der Waals surface area (Å²) in [6.07, 6.45) is 4.27. The van der Waals surface area contributed by atoms with Crippen LogP contribution in [-0.4, -0.2) is 93.6 Å². The van der Waals surface area contributed by atoms with E-state index in [1.165, 1.54) is 16.3 Å². The number of rotatable bonds is 6. The average molecular weight is 479 g/mol. The average Bonchev–Trinajstić information content (AvgIpc) is 2.82. The van der Waals surface area contributed by atoms with Gasteiger partial charge in [-0.15, -0.1) is 0 Å². The van der Waals surface area contributed by atoms with Gasteiger partial charge in [0.1, 0.15) is 0 Å². The summed E-state index contributed by atoms with van der Waals surface area (Å²) in [4.78, 5) is 17.1. The number of urea groups is 1. The zero-order valence-electron chi connectivity index (χ0n) is 20.0. The zero-order chi connectivity index (χ0) is 23.4. The lowest BCUT2D eigenvalue weighted by Gasteiger charge is -2.36. The molecule has 0 radical (unpaired) electrons. The summed E-state index contributed by atoms with van der Waals surface area (Å²) in [6, 6.07) is 5.42. The maximum Gasteiger partial charge on any atom is 0.317 e. The fourth-order valence-electron chi connectivity index (χ4n) is 5.05. The number of sulfonamides is 1. The molecule has 2 fully saturated rings. The van der Waals surface area contributed by atoms with Gasteiger partial charge in [0.25, 0.3) is 0 Å². The first-order chi connectivity index (χ1) is 15.8. The normalized spacial score (nSPS) is 22.9. The molecule has 1 atom stereocenters. The predicted octanol–water partition coefficient (Wildman–Crippen LogP) is 1.94. The summed E-state index contributed by atoms with van der Waals surface area (Å²) in [5, 5.41) is 2.98. The standard InChI is InChI=1S/C24H38N4O4S/c1-19(2)17-26-13-14-32-22(18-26)16-25-24(29)27-9-11-28(12-10-27)33(30,31)23-8-7-20-5-3-4-6-21(20)15-23/h7-8,15,19,22H,3-6,9-14,16-18H2,1-2H3,(H,25,29). The molecular weight excluding hydrogens is 440 g/mol. The molecule has 2 amide bonds. The number of hydrogen-bond donors (Lipinski definition) is 1. The van der Waals surface area contributed by atoms with E-state index < -0.39 is 10.0 Å². The number of carbonyl (C=O) groups excluding carboxylic acids is 1. The Hall–Kier alpha value is -1.68. The molecular formula is C24H38N4O4S. The first-order valence-corrected chi connectivity index (χ1v) is 13.8. The second kappa shape index (κ2) is 10.7. The highest BCUT2D eigenvalue weighted by atomic mass is 32.2. The van der Waals surface area contributed by atoms with Gasteiger partial charge in [-0.05, 0) is 54.9 Å². The van der Waals surface area contributed by atoms with E-state index in [0.717, 1.165) is 44.5 Å². The summed E-state index contributed by atoms with van der Waals surface area (Å²) in [7, 11) is -3.54. The number of morpholine rings is 1. The van der Waals surface area contributed by atoms with Gasteiger partial charge >= 0.3 is 6.03 Å². The third-order valence-corrected chi connectivity index (χ3v) is 8.71. The number of piperazine rings is 1. The maximum absolute atomic E-state index is 13.2. The molecule has 1 aromatic carbocycles. The van der Waals surface area contributed by atoms with Crippen molar-refractivity contribution >= 4 is 16.1 Å². The van der Waals surface area contributed by atoms with Crippen molar-refractivity contribution in [1.29, 1.82) is 0 Å². The van der Waals surface area contributed by atoms with E-state index in [0.29, 0.717) is 50.1 Å².